The molecule has 0 fully saturated rings. The molecule has 2 aromatic rings. The zero-order valence-corrected chi connectivity index (χ0v) is 14.2. The molecule has 2 N–H and O–H groups in total. The predicted molar refractivity (Wildman–Crippen MR) is 95.9 cm³/mol. The van der Waals surface area contributed by atoms with Crippen molar-refractivity contribution >= 4 is 22.6 Å². The third-order valence-electron chi connectivity index (χ3n) is 3.37. The van der Waals surface area contributed by atoms with Gasteiger partial charge in [0.2, 0.25) is 0 Å². The van der Waals surface area contributed by atoms with Crippen LogP contribution >= 0.6 is 0 Å². The maximum absolute atomic E-state index is 12.4. The number of rotatable bonds is 5. The van der Waals surface area contributed by atoms with E-state index in [1.165, 1.54) is 10.8 Å². The fraction of sp³-hybridized carbons (Fsp3) is 0.222. The first kappa shape index (κ1) is 18.1. The van der Waals surface area contributed by atoms with E-state index < -0.39 is 11.8 Å². The van der Waals surface area contributed by atoms with Crippen LogP contribution in [0.15, 0.2) is 53.4 Å². The molecule has 0 spiro atoms. The largest absolute Gasteiger partial charge is 0.290 e. The first-order valence-electron chi connectivity index (χ1n) is 7.98. The van der Waals surface area contributed by atoms with E-state index in [4.69, 9.17) is 0 Å². The molecule has 1 aromatic carbocycles. The van der Waals surface area contributed by atoms with Crippen LogP contribution in [0.4, 0.5) is 0 Å². The zero-order chi connectivity index (χ0) is 18.2. The van der Waals surface area contributed by atoms with Gasteiger partial charge in [-0.15, -0.1) is 0 Å². The molecule has 0 radical (unpaired) electrons. The molecule has 7 heteroatoms. The average molecular weight is 340 g/mol. The number of allylic oxidation sites excluding steroid dienone is 3. The molecular formula is C18H20N4O3. The molecule has 0 saturated heterocycles. The van der Waals surface area contributed by atoms with Gasteiger partial charge in [0.15, 0.2) is 5.69 Å². The second-order valence-corrected chi connectivity index (χ2v) is 5.25. The Bertz CT molecular complexity index is 897. The Morgan fingerprint density at radius 1 is 1.16 bits per heavy atom. The maximum Gasteiger partial charge on any atom is 0.290 e. The van der Waals surface area contributed by atoms with Crippen LogP contribution in [-0.2, 0) is 11.3 Å². The second-order valence-electron chi connectivity index (χ2n) is 5.25. The highest BCUT2D eigenvalue weighted by Gasteiger charge is 2.16. The standard InChI is InChI=1S/C18H20N4O3/c1-3-5-6-11-15(23)19-20-17(24)16-13-9-7-8-10-14(13)18(25)22(21-16)12-4-2/h3,5-11H,4,12H2,1-2H3,(H,19,23)(H,20,24). The number of carbonyl (C=O) groups excluding carboxylic acids is 2. The molecule has 1 heterocycles. The molecular weight excluding hydrogens is 320 g/mol. The summed E-state index contributed by atoms with van der Waals surface area (Å²) in [5.41, 5.74) is 4.44. The van der Waals surface area contributed by atoms with E-state index in [-0.39, 0.29) is 11.3 Å². The fourth-order valence-electron chi connectivity index (χ4n) is 2.24. The van der Waals surface area contributed by atoms with Crippen LogP contribution in [0.1, 0.15) is 30.8 Å². The predicted octanol–water partition coefficient (Wildman–Crippen LogP) is 1.70. The summed E-state index contributed by atoms with van der Waals surface area (Å²) in [6.07, 6.45) is 7.01. The number of aromatic nitrogens is 2. The lowest BCUT2D eigenvalue weighted by Gasteiger charge is -2.10. The molecule has 7 nitrogen and oxygen atoms in total. The number of nitrogens with zero attached hydrogens (tertiary/aromatic N) is 2. The van der Waals surface area contributed by atoms with Crippen LogP contribution in [0.25, 0.3) is 10.8 Å². The van der Waals surface area contributed by atoms with E-state index in [2.05, 4.69) is 16.0 Å². The van der Waals surface area contributed by atoms with Crippen molar-refractivity contribution in [2.24, 2.45) is 0 Å². The number of carbonyl (C=O) groups is 2. The molecule has 0 unspecified atom stereocenters. The van der Waals surface area contributed by atoms with Crippen molar-refractivity contribution in [1.82, 2.24) is 20.6 Å². The summed E-state index contributed by atoms with van der Waals surface area (Å²) in [6.45, 7) is 4.15. The van der Waals surface area contributed by atoms with E-state index >= 15 is 0 Å². The third kappa shape index (κ3) is 4.41. The Labute approximate surface area is 145 Å². The van der Waals surface area contributed by atoms with Gasteiger partial charge < -0.3 is 0 Å². The molecule has 0 aliphatic heterocycles. The van der Waals surface area contributed by atoms with Gasteiger partial charge in [0, 0.05) is 18.0 Å². The average Bonchev–Trinajstić information content (AvgIpc) is 2.62. The first-order chi connectivity index (χ1) is 12.1. The van der Waals surface area contributed by atoms with Gasteiger partial charge in [0.05, 0.1) is 5.39 Å². The lowest BCUT2D eigenvalue weighted by atomic mass is 10.1. The normalized spacial score (nSPS) is 11.3. The Hall–Kier alpha value is -3.22. The number of benzene rings is 1. The van der Waals surface area contributed by atoms with Crippen molar-refractivity contribution in [3.8, 4) is 0 Å². The Balaban J connectivity index is 2.30. The maximum atomic E-state index is 12.4. The van der Waals surface area contributed by atoms with Gasteiger partial charge in [0.1, 0.15) is 0 Å². The number of amides is 2. The molecule has 2 amide bonds. The summed E-state index contributed by atoms with van der Waals surface area (Å²) >= 11 is 0. The molecule has 2 rings (SSSR count). The van der Waals surface area contributed by atoms with Crippen molar-refractivity contribution < 1.29 is 9.59 Å². The van der Waals surface area contributed by atoms with Crippen LogP contribution in [0, 0.1) is 0 Å². The minimum absolute atomic E-state index is 0.0846. The van der Waals surface area contributed by atoms with Crippen molar-refractivity contribution in [3.63, 3.8) is 0 Å². The van der Waals surface area contributed by atoms with Crippen LogP contribution in [0.2, 0.25) is 0 Å². The molecule has 0 aliphatic rings. The number of nitrogens with one attached hydrogen (secondary N) is 2. The van der Waals surface area contributed by atoms with Gasteiger partial charge in [-0.05, 0) is 19.4 Å². The summed E-state index contributed by atoms with van der Waals surface area (Å²) in [6, 6.07) is 6.77. The third-order valence-corrected chi connectivity index (χ3v) is 3.37. The van der Waals surface area contributed by atoms with Gasteiger partial charge >= 0.3 is 0 Å². The highest BCUT2D eigenvalue weighted by Crippen LogP contribution is 2.13. The summed E-state index contributed by atoms with van der Waals surface area (Å²) in [4.78, 5) is 36.4. The molecule has 0 aliphatic carbocycles. The lowest BCUT2D eigenvalue weighted by Crippen LogP contribution is -2.42. The van der Waals surface area contributed by atoms with E-state index in [9.17, 15) is 14.4 Å². The first-order valence-corrected chi connectivity index (χ1v) is 7.98. The monoisotopic (exact) mass is 340 g/mol. The van der Waals surface area contributed by atoms with Crippen LogP contribution < -0.4 is 16.4 Å². The summed E-state index contributed by atoms with van der Waals surface area (Å²) in [7, 11) is 0. The van der Waals surface area contributed by atoms with Crippen molar-refractivity contribution in [1.29, 1.82) is 0 Å². The fourth-order valence-corrected chi connectivity index (χ4v) is 2.24. The van der Waals surface area contributed by atoms with E-state index in [1.54, 1.807) is 42.5 Å². The minimum atomic E-state index is -0.589. The smallest absolute Gasteiger partial charge is 0.268 e. The van der Waals surface area contributed by atoms with Crippen LogP contribution in [0.5, 0.6) is 0 Å². The molecule has 0 atom stereocenters. The highest BCUT2D eigenvalue weighted by molar-refractivity contribution is 6.05. The number of aryl methyl sites for hydroxylation is 1. The van der Waals surface area contributed by atoms with Crippen LogP contribution in [-0.4, -0.2) is 21.6 Å². The molecule has 0 bridgehead atoms. The molecule has 0 saturated carbocycles. The minimum Gasteiger partial charge on any atom is -0.268 e. The summed E-state index contributed by atoms with van der Waals surface area (Å²) in [5, 5.41) is 5.01. The van der Waals surface area contributed by atoms with Crippen molar-refractivity contribution in [3.05, 3.63) is 64.6 Å². The number of hydrogen-bond donors (Lipinski definition) is 2. The van der Waals surface area contributed by atoms with E-state index in [1.807, 2.05) is 13.8 Å². The van der Waals surface area contributed by atoms with Gasteiger partial charge in [-0.25, -0.2) is 4.68 Å². The zero-order valence-electron chi connectivity index (χ0n) is 14.2. The lowest BCUT2D eigenvalue weighted by molar-refractivity contribution is -0.117. The number of hydrogen-bond acceptors (Lipinski definition) is 4. The SMILES string of the molecule is CC=CC=CC(=O)NNC(=O)c1nn(CCC)c(=O)c2ccccc12. The Morgan fingerprint density at radius 3 is 2.56 bits per heavy atom. The summed E-state index contributed by atoms with van der Waals surface area (Å²) < 4.78 is 1.27. The van der Waals surface area contributed by atoms with Gasteiger partial charge in [0.25, 0.3) is 17.4 Å². The molecule has 130 valence electrons. The quantitative estimate of drug-likeness (QED) is 0.492. The summed E-state index contributed by atoms with van der Waals surface area (Å²) in [5.74, 6) is -1.06. The second kappa shape index (κ2) is 8.58. The number of hydrazine groups is 1. The molecule has 1 aromatic heterocycles. The Kier molecular flexibility index (Phi) is 6.22. The molecule has 25 heavy (non-hydrogen) atoms. The van der Waals surface area contributed by atoms with Gasteiger partial charge in [-0.2, -0.15) is 5.10 Å². The highest BCUT2D eigenvalue weighted by atomic mass is 16.2. The number of fused-ring (bicyclic) bond motifs is 1. The van der Waals surface area contributed by atoms with Crippen molar-refractivity contribution in [2.75, 3.05) is 0 Å². The van der Waals surface area contributed by atoms with Gasteiger partial charge in [-0.3, -0.25) is 25.2 Å². The van der Waals surface area contributed by atoms with Crippen LogP contribution in [0.3, 0.4) is 0 Å². The Morgan fingerprint density at radius 2 is 1.88 bits per heavy atom. The van der Waals surface area contributed by atoms with Crippen molar-refractivity contribution in [2.45, 2.75) is 26.8 Å². The van der Waals surface area contributed by atoms with Gasteiger partial charge in [-0.1, -0.05) is 43.4 Å². The topological polar surface area (TPSA) is 93.1 Å². The van der Waals surface area contributed by atoms with E-state index in [0.717, 1.165) is 0 Å². The van der Waals surface area contributed by atoms with E-state index in [0.29, 0.717) is 23.7 Å².